The molecule has 0 aliphatic rings. The van der Waals surface area contributed by atoms with Gasteiger partial charge in [-0.2, -0.15) is 0 Å². The van der Waals surface area contributed by atoms with Crippen LogP contribution in [0.25, 0.3) is 22.5 Å². The van der Waals surface area contributed by atoms with Crippen LogP contribution < -0.4 is 11.2 Å². The lowest BCUT2D eigenvalue weighted by Gasteiger charge is -2.09. The summed E-state index contributed by atoms with van der Waals surface area (Å²) in [6, 6.07) is 19.7. The van der Waals surface area contributed by atoms with Crippen molar-refractivity contribution in [3.63, 3.8) is 0 Å². The third-order valence-electron chi connectivity index (χ3n) is 4.22. The minimum Gasteiger partial charge on any atom is -0.337 e. The van der Waals surface area contributed by atoms with Gasteiger partial charge in [-0.3, -0.25) is 4.79 Å². The predicted octanol–water partition coefficient (Wildman–Crippen LogP) is 4.51. The largest absolute Gasteiger partial charge is 0.337 e. The Hall–Kier alpha value is -3.10. The van der Waals surface area contributed by atoms with E-state index in [-0.39, 0.29) is 11.2 Å². The number of carbonyl (C=O) groups is 1. The molecule has 1 unspecified atom stereocenters. The summed E-state index contributed by atoms with van der Waals surface area (Å²) in [6.45, 7) is 1.82. The van der Waals surface area contributed by atoms with Crippen molar-refractivity contribution >= 4 is 34.1 Å². The Kier molecular flexibility index (Phi) is 5.64. The molecule has 0 spiro atoms. The third kappa shape index (κ3) is 4.49. The van der Waals surface area contributed by atoms with Crippen molar-refractivity contribution < 1.29 is 4.79 Å². The first-order valence-corrected chi connectivity index (χ1v) is 10.7. The number of nitrogen functional groups attached to an aromatic ring is 1. The Morgan fingerprint density at radius 2 is 1.66 bits per heavy atom. The van der Waals surface area contributed by atoms with Gasteiger partial charge in [0.15, 0.2) is 10.3 Å². The van der Waals surface area contributed by atoms with E-state index in [9.17, 15) is 4.79 Å². The first-order chi connectivity index (χ1) is 14.1. The zero-order valence-electron chi connectivity index (χ0n) is 15.6. The summed E-state index contributed by atoms with van der Waals surface area (Å²) in [5.74, 6) is 5.89. The molecule has 4 rings (SSSR count). The topological polar surface area (TPSA) is 85.8 Å². The molecule has 1 amide bonds. The number of aromatic nitrogens is 3. The van der Waals surface area contributed by atoms with Crippen LogP contribution in [0, 0.1) is 0 Å². The van der Waals surface area contributed by atoms with Crippen molar-refractivity contribution in [1.82, 2.24) is 14.6 Å². The van der Waals surface area contributed by atoms with Crippen molar-refractivity contribution in [2.45, 2.75) is 17.3 Å². The molecule has 29 heavy (non-hydrogen) atoms. The Morgan fingerprint density at radius 3 is 2.31 bits per heavy atom. The normalized spacial score (nSPS) is 11.9. The van der Waals surface area contributed by atoms with E-state index in [4.69, 9.17) is 5.84 Å². The van der Waals surface area contributed by atoms with Gasteiger partial charge in [0, 0.05) is 16.5 Å². The van der Waals surface area contributed by atoms with E-state index in [0.29, 0.717) is 10.3 Å². The zero-order chi connectivity index (χ0) is 20.2. The van der Waals surface area contributed by atoms with Crippen LogP contribution in [0.1, 0.15) is 6.92 Å². The average molecular weight is 422 g/mol. The fourth-order valence-electron chi connectivity index (χ4n) is 2.70. The highest BCUT2D eigenvalue weighted by Crippen LogP contribution is 2.28. The summed E-state index contributed by atoms with van der Waals surface area (Å²) < 4.78 is 1.45. The van der Waals surface area contributed by atoms with E-state index in [1.807, 2.05) is 73.0 Å². The number of imidazole rings is 1. The molecule has 6 nitrogen and oxygen atoms in total. The molecule has 0 fully saturated rings. The Labute approximate surface area is 176 Å². The molecule has 0 radical (unpaired) electrons. The van der Waals surface area contributed by atoms with E-state index in [2.05, 4.69) is 15.3 Å². The number of benzene rings is 2. The number of thiazole rings is 1. The maximum absolute atomic E-state index is 12.6. The van der Waals surface area contributed by atoms with Crippen LogP contribution in [0.4, 0.5) is 5.13 Å². The number of nitrogens with two attached hydrogens (primary N) is 1. The van der Waals surface area contributed by atoms with E-state index in [0.717, 1.165) is 22.5 Å². The molecule has 0 aliphatic carbocycles. The van der Waals surface area contributed by atoms with Crippen LogP contribution in [-0.4, -0.2) is 25.8 Å². The van der Waals surface area contributed by atoms with Crippen LogP contribution in [0.5, 0.6) is 0 Å². The lowest BCUT2D eigenvalue weighted by atomic mass is 10.2. The molecule has 8 heteroatoms. The van der Waals surface area contributed by atoms with E-state index >= 15 is 0 Å². The molecule has 0 saturated heterocycles. The predicted molar refractivity (Wildman–Crippen MR) is 119 cm³/mol. The van der Waals surface area contributed by atoms with Crippen molar-refractivity contribution in [2.24, 2.45) is 0 Å². The molecular weight excluding hydrogens is 402 g/mol. The van der Waals surface area contributed by atoms with Gasteiger partial charge in [0.2, 0.25) is 5.91 Å². The van der Waals surface area contributed by atoms with Gasteiger partial charge in [-0.15, -0.1) is 11.3 Å². The van der Waals surface area contributed by atoms with Crippen molar-refractivity contribution in [1.29, 1.82) is 0 Å². The molecule has 0 aliphatic heterocycles. The zero-order valence-corrected chi connectivity index (χ0v) is 17.3. The number of nitrogens with zero attached hydrogens (tertiary/aromatic N) is 3. The summed E-state index contributed by atoms with van der Waals surface area (Å²) in [7, 11) is 0. The molecule has 2 aromatic carbocycles. The summed E-state index contributed by atoms with van der Waals surface area (Å²) >= 11 is 2.71. The van der Waals surface area contributed by atoms with Crippen LogP contribution in [0.3, 0.4) is 0 Å². The van der Waals surface area contributed by atoms with Crippen molar-refractivity contribution in [3.8, 4) is 22.5 Å². The first-order valence-electron chi connectivity index (χ1n) is 8.98. The number of anilines is 1. The second-order valence-corrected chi connectivity index (χ2v) is 8.50. The average Bonchev–Trinajstić information content (AvgIpc) is 3.36. The van der Waals surface area contributed by atoms with Gasteiger partial charge in [0.05, 0.1) is 22.8 Å². The lowest BCUT2D eigenvalue weighted by molar-refractivity contribution is -0.115. The van der Waals surface area contributed by atoms with Crippen molar-refractivity contribution in [3.05, 3.63) is 72.2 Å². The summed E-state index contributed by atoms with van der Waals surface area (Å²) in [5.41, 5.74) is 3.61. The monoisotopic (exact) mass is 421 g/mol. The van der Waals surface area contributed by atoms with Crippen LogP contribution in [-0.2, 0) is 4.79 Å². The van der Waals surface area contributed by atoms with Gasteiger partial charge in [0.1, 0.15) is 0 Å². The molecule has 0 saturated carbocycles. The molecule has 2 heterocycles. The maximum Gasteiger partial charge on any atom is 0.239 e. The highest BCUT2D eigenvalue weighted by atomic mass is 32.2. The molecule has 4 aromatic rings. The standard InChI is InChI=1S/C21H19N5OS2/c1-14(29-21-24-17(12-26(21)22)15-8-4-2-5-9-15)19(27)25-20-23-18(13-28-20)16-10-6-3-7-11-16/h2-14H,22H2,1H3,(H,23,25,27). The Morgan fingerprint density at radius 1 is 1.03 bits per heavy atom. The maximum atomic E-state index is 12.6. The van der Waals surface area contributed by atoms with Gasteiger partial charge >= 0.3 is 0 Å². The lowest BCUT2D eigenvalue weighted by Crippen LogP contribution is -2.23. The number of hydrogen-bond donors (Lipinski definition) is 2. The Balaban J connectivity index is 1.42. The highest BCUT2D eigenvalue weighted by Gasteiger charge is 2.19. The van der Waals surface area contributed by atoms with E-state index < -0.39 is 0 Å². The number of nitrogens with one attached hydrogen (secondary N) is 1. The molecular formula is C21H19N5OS2. The smallest absolute Gasteiger partial charge is 0.239 e. The van der Waals surface area contributed by atoms with Gasteiger partial charge < -0.3 is 11.2 Å². The van der Waals surface area contributed by atoms with Crippen LogP contribution >= 0.6 is 23.1 Å². The minimum absolute atomic E-state index is 0.145. The van der Waals surface area contributed by atoms with Gasteiger partial charge in [-0.25, -0.2) is 14.6 Å². The number of amides is 1. The third-order valence-corrected chi connectivity index (χ3v) is 6.06. The molecule has 0 bridgehead atoms. The minimum atomic E-state index is -0.382. The SMILES string of the molecule is CC(Sc1nc(-c2ccccc2)cn1N)C(=O)Nc1nc(-c2ccccc2)cs1. The van der Waals surface area contributed by atoms with Gasteiger partial charge in [-0.05, 0) is 6.92 Å². The second-order valence-electron chi connectivity index (χ2n) is 6.34. The summed E-state index contributed by atoms with van der Waals surface area (Å²) in [6.07, 6.45) is 1.76. The highest BCUT2D eigenvalue weighted by molar-refractivity contribution is 8.00. The fraction of sp³-hybridized carbons (Fsp3) is 0.0952. The molecule has 2 aromatic heterocycles. The molecule has 146 valence electrons. The van der Waals surface area contributed by atoms with Crippen LogP contribution in [0.2, 0.25) is 0 Å². The van der Waals surface area contributed by atoms with Crippen LogP contribution in [0.15, 0.2) is 77.4 Å². The quantitative estimate of drug-likeness (QED) is 0.353. The van der Waals surface area contributed by atoms with E-state index in [1.54, 1.807) is 6.20 Å². The van der Waals surface area contributed by atoms with Gasteiger partial charge in [-0.1, -0.05) is 72.4 Å². The molecule has 1 atom stereocenters. The number of hydrogen-bond acceptors (Lipinski definition) is 6. The van der Waals surface area contributed by atoms with Crippen molar-refractivity contribution in [2.75, 3.05) is 11.2 Å². The number of thioether (sulfide) groups is 1. The summed E-state index contributed by atoms with van der Waals surface area (Å²) in [4.78, 5) is 21.7. The Bertz CT molecular complexity index is 1110. The molecule has 3 N–H and O–H groups in total. The van der Waals surface area contributed by atoms with E-state index in [1.165, 1.54) is 27.8 Å². The fourth-order valence-corrected chi connectivity index (χ4v) is 4.23. The number of carbonyl (C=O) groups excluding carboxylic acids is 1. The second kappa shape index (κ2) is 8.50. The number of rotatable bonds is 6. The first kappa shape index (κ1) is 19.2. The summed E-state index contributed by atoms with van der Waals surface area (Å²) in [5, 5.41) is 5.58. The van der Waals surface area contributed by atoms with Gasteiger partial charge in [0.25, 0.3) is 0 Å².